The summed E-state index contributed by atoms with van der Waals surface area (Å²) in [7, 11) is 1.46. The van der Waals surface area contributed by atoms with Gasteiger partial charge >= 0.3 is 5.97 Å². The van der Waals surface area contributed by atoms with E-state index in [0.717, 1.165) is 16.7 Å². The molecule has 2 amide bonds. The molecule has 0 saturated carbocycles. The van der Waals surface area contributed by atoms with E-state index in [1.807, 2.05) is 13.0 Å². The Morgan fingerprint density at radius 2 is 1.91 bits per heavy atom. The van der Waals surface area contributed by atoms with E-state index < -0.39 is 18.4 Å². The van der Waals surface area contributed by atoms with Gasteiger partial charge in [-0.1, -0.05) is 42.2 Å². The predicted molar refractivity (Wildman–Crippen MR) is 132 cm³/mol. The fourth-order valence-electron chi connectivity index (χ4n) is 3.00. The molecule has 1 aliphatic heterocycles. The van der Waals surface area contributed by atoms with Crippen molar-refractivity contribution in [3.8, 4) is 17.2 Å². The number of nitrogens with zero attached hydrogens (tertiary/aromatic N) is 1. The highest BCUT2D eigenvalue weighted by atomic mass is 32.2. The summed E-state index contributed by atoms with van der Waals surface area (Å²) in [6.45, 7) is 1.57. The van der Waals surface area contributed by atoms with Crippen molar-refractivity contribution >= 4 is 57.8 Å². The lowest BCUT2D eigenvalue weighted by Crippen LogP contribution is -2.33. The molecule has 2 aromatic carbocycles. The smallest absolute Gasteiger partial charge is 0.323 e. The van der Waals surface area contributed by atoms with E-state index in [1.165, 1.54) is 7.11 Å². The third-order valence-electron chi connectivity index (χ3n) is 4.47. The SMILES string of the molecule is CCOc1ccccc1NC(=O)COc1ccc(/C=C2\SC(=S)N(CC(=O)O)C2=O)cc1OC. The van der Waals surface area contributed by atoms with Crippen LogP contribution in [-0.2, 0) is 14.4 Å². The number of ether oxygens (including phenoxy) is 3. The average Bonchev–Trinajstić information content (AvgIpc) is 3.06. The second kappa shape index (κ2) is 11.5. The van der Waals surface area contributed by atoms with Crippen molar-refractivity contribution in [2.24, 2.45) is 0 Å². The quantitative estimate of drug-likeness (QED) is 0.373. The van der Waals surface area contributed by atoms with Gasteiger partial charge < -0.3 is 24.6 Å². The van der Waals surface area contributed by atoms with E-state index >= 15 is 0 Å². The van der Waals surface area contributed by atoms with E-state index in [2.05, 4.69) is 5.32 Å². The van der Waals surface area contributed by atoms with Gasteiger partial charge in [0.1, 0.15) is 16.6 Å². The summed E-state index contributed by atoms with van der Waals surface area (Å²) in [5.41, 5.74) is 1.16. The lowest BCUT2D eigenvalue weighted by atomic mass is 10.2. The van der Waals surface area contributed by atoms with Crippen LogP contribution in [0.5, 0.6) is 17.2 Å². The number of hydrogen-bond donors (Lipinski definition) is 2. The average molecular weight is 503 g/mol. The first-order valence-electron chi connectivity index (χ1n) is 10.1. The Hall–Kier alpha value is -3.57. The molecule has 0 aliphatic carbocycles. The molecule has 0 aromatic heterocycles. The Morgan fingerprint density at radius 3 is 2.62 bits per heavy atom. The number of para-hydroxylation sites is 2. The summed E-state index contributed by atoms with van der Waals surface area (Å²) < 4.78 is 16.7. The van der Waals surface area contributed by atoms with Gasteiger partial charge in [0.25, 0.3) is 11.8 Å². The number of anilines is 1. The summed E-state index contributed by atoms with van der Waals surface area (Å²) in [5.74, 6) is -0.732. The number of amides is 2. The summed E-state index contributed by atoms with van der Waals surface area (Å²) >= 11 is 6.13. The van der Waals surface area contributed by atoms with Crippen LogP contribution in [0, 0.1) is 0 Å². The summed E-state index contributed by atoms with van der Waals surface area (Å²) in [5, 5.41) is 11.7. The van der Waals surface area contributed by atoms with Crippen LogP contribution >= 0.6 is 24.0 Å². The highest BCUT2D eigenvalue weighted by Gasteiger charge is 2.33. The van der Waals surface area contributed by atoms with Gasteiger partial charge in [-0.25, -0.2) is 0 Å². The van der Waals surface area contributed by atoms with E-state index in [4.69, 9.17) is 31.5 Å². The minimum absolute atomic E-state index is 0.183. The number of carboxylic acid groups (broad SMARTS) is 1. The molecular weight excluding hydrogens is 480 g/mol. The molecule has 34 heavy (non-hydrogen) atoms. The monoisotopic (exact) mass is 502 g/mol. The van der Waals surface area contributed by atoms with Gasteiger partial charge in [-0.05, 0) is 42.8 Å². The minimum Gasteiger partial charge on any atom is -0.493 e. The molecule has 2 N–H and O–H groups in total. The lowest BCUT2D eigenvalue weighted by Gasteiger charge is -2.13. The second-order valence-electron chi connectivity index (χ2n) is 6.84. The van der Waals surface area contributed by atoms with E-state index in [9.17, 15) is 14.4 Å². The van der Waals surface area contributed by atoms with Crippen molar-refractivity contribution in [1.82, 2.24) is 4.90 Å². The molecule has 0 unspecified atom stereocenters. The van der Waals surface area contributed by atoms with Crippen LogP contribution in [0.15, 0.2) is 47.4 Å². The molecule has 1 saturated heterocycles. The highest BCUT2D eigenvalue weighted by molar-refractivity contribution is 8.26. The predicted octanol–water partition coefficient (Wildman–Crippen LogP) is 3.40. The molecule has 1 fully saturated rings. The molecule has 0 atom stereocenters. The van der Waals surface area contributed by atoms with Crippen molar-refractivity contribution in [3.05, 3.63) is 52.9 Å². The number of aliphatic carboxylic acids is 1. The number of benzene rings is 2. The summed E-state index contributed by atoms with van der Waals surface area (Å²) in [4.78, 5) is 37.1. The van der Waals surface area contributed by atoms with Crippen molar-refractivity contribution in [1.29, 1.82) is 0 Å². The fourth-order valence-corrected chi connectivity index (χ4v) is 4.25. The van der Waals surface area contributed by atoms with E-state index in [0.29, 0.717) is 40.0 Å². The molecule has 0 spiro atoms. The number of nitrogens with one attached hydrogen (secondary N) is 1. The topological polar surface area (TPSA) is 114 Å². The number of thiocarbonyl (C=S) groups is 1. The molecular formula is C23H22N2O7S2. The van der Waals surface area contributed by atoms with E-state index in [-0.39, 0.29) is 16.8 Å². The summed E-state index contributed by atoms with van der Waals surface area (Å²) in [6, 6.07) is 12.0. The van der Waals surface area contributed by atoms with Crippen molar-refractivity contribution in [2.45, 2.75) is 6.92 Å². The van der Waals surface area contributed by atoms with Crippen LogP contribution in [0.2, 0.25) is 0 Å². The molecule has 9 nitrogen and oxygen atoms in total. The largest absolute Gasteiger partial charge is 0.493 e. The van der Waals surface area contributed by atoms with Gasteiger partial charge in [-0.3, -0.25) is 19.3 Å². The summed E-state index contributed by atoms with van der Waals surface area (Å²) in [6.07, 6.45) is 1.59. The molecule has 0 radical (unpaired) electrons. The van der Waals surface area contributed by atoms with Crippen LogP contribution < -0.4 is 19.5 Å². The lowest BCUT2D eigenvalue weighted by molar-refractivity contribution is -0.140. The van der Waals surface area contributed by atoms with Crippen molar-refractivity contribution < 1.29 is 33.7 Å². The number of rotatable bonds is 10. The first kappa shape index (κ1) is 25.1. The number of methoxy groups -OCH3 is 1. The Bertz CT molecular complexity index is 1150. The zero-order valence-corrected chi connectivity index (χ0v) is 20.0. The zero-order chi connectivity index (χ0) is 24.7. The maximum absolute atomic E-state index is 12.4. The number of carboxylic acids is 1. The van der Waals surface area contributed by atoms with Crippen molar-refractivity contribution in [3.63, 3.8) is 0 Å². The van der Waals surface area contributed by atoms with Gasteiger partial charge in [0, 0.05) is 0 Å². The standard InChI is InChI=1S/C23H22N2O7S2/c1-3-31-16-7-5-4-6-15(16)24-20(26)13-32-17-9-8-14(10-18(17)30-2)11-19-22(29)25(12-21(27)28)23(33)34-19/h4-11H,3,12-13H2,1-2H3,(H,24,26)(H,27,28)/b19-11-. The van der Waals surface area contributed by atoms with Gasteiger partial charge in [-0.2, -0.15) is 0 Å². The number of thioether (sulfide) groups is 1. The van der Waals surface area contributed by atoms with Gasteiger partial charge in [0.15, 0.2) is 18.1 Å². The van der Waals surface area contributed by atoms with Crippen LogP contribution in [0.3, 0.4) is 0 Å². The highest BCUT2D eigenvalue weighted by Crippen LogP contribution is 2.34. The Kier molecular flexibility index (Phi) is 8.50. The molecule has 178 valence electrons. The van der Waals surface area contributed by atoms with Gasteiger partial charge in [-0.15, -0.1) is 0 Å². The molecule has 1 aliphatic rings. The molecule has 1 heterocycles. The third kappa shape index (κ3) is 6.27. The zero-order valence-electron chi connectivity index (χ0n) is 18.4. The van der Waals surface area contributed by atoms with Crippen LogP contribution in [-0.4, -0.2) is 59.0 Å². The first-order chi connectivity index (χ1) is 16.3. The molecule has 3 rings (SSSR count). The third-order valence-corrected chi connectivity index (χ3v) is 5.85. The van der Waals surface area contributed by atoms with Crippen LogP contribution in [0.4, 0.5) is 5.69 Å². The van der Waals surface area contributed by atoms with Gasteiger partial charge in [0.05, 0.1) is 24.3 Å². The first-order valence-corrected chi connectivity index (χ1v) is 11.3. The maximum Gasteiger partial charge on any atom is 0.323 e. The number of hydrogen-bond acceptors (Lipinski definition) is 8. The van der Waals surface area contributed by atoms with Crippen LogP contribution in [0.1, 0.15) is 12.5 Å². The van der Waals surface area contributed by atoms with Crippen LogP contribution in [0.25, 0.3) is 6.08 Å². The molecule has 0 bridgehead atoms. The second-order valence-corrected chi connectivity index (χ2v) is 8.51. The molecule has 11 heteroatoms. The fraction of sp³-hybridized carbons (Fsp3) is 0.217. The number of carbonyl (C=O) groups is 3. The Morgan fingerprint density at radius 1 is 1.15 bits per heavy atom. The van der Waals surface area contributed by atoms with Crippen molar-refractivity contribution in [2.75, 3.05) is 32.2 Å². The van der Waals surface area contributed by atoms with Gasteiger partial charge in [0.2, 0.25) is 0 Å². The Balaban J connectivity index is 1.67. The van der Waals surface area contributed by atoms with E-state index in [1.54, 1.807) is 42.5 Å². The Labute approximate surface area is 205 Å². The normalized spacial score (nSPS) is 14.3. The molecule has 2 aromatic rings. The maximum atomic E-state index is 12.4. The number of carbonyl (C=O) groups excluding carboxylic acids is 2. The minimum atomic E-state index is -1.15.